The van der Waals surface area contributed by atoms with Gasteiger partial charge in [-0.25, -0.2) is 0 Å². The van der Waals surface area contributed by atoms with Gasteiger partial charge in [-0.3, -0.25) is 4.79 Å². The first-order valence-corrected chi connectivity index (χ1v) is 7.21. The summed E-state index contributed by atoms with van der Waals surface area (Å²) in [4.78, 5) is 12.3. The normalized spacial score (nSPS) is 47.9. The summed E-state index contributed by atoms with van der Waals surface area (Å²) in [6.45, 7) is 2.31. The van der Waals surface area contributed by atoms with Crippen LogP contribution in [0.25, 0.3) is 0 Å². The van der Waals surface area contributed by atoms with Gasteiger partial charge in [-0.1, -0.05) is 26.2 Å². The molecule has 0 radical (unpaired) electrons. The van der Waals surface area contributed by atoms with Crippen molar-refractivity contribution in [2.24, 2.45) is 22.7 Å². The molecule has 0 saturated heterocycles. The molecule has 0 aromatic heterocycles. The van der Waals surface area contributed by atoms with E-state index in [-0.39, 0.29) is 11.4 Å². The molecule has 4 unspecified atom stereocenters. The van der Waals surface area contributed by atoms with E-state index in [0.29, 0.717) is 5.41 Å². The van der Waals surface area contributed by atoms with Crippen LogP contribution in [-0.2, 0) is 9.53 Å². The Bertz CT molecular complexity index is 338. The van der Waals surface area contributed by atoms with Gasteiger partial charge in [0.05, 0.1) is 12.5 Å². The van der Waals surface area contributed by atoms with Gasteiger partial charge in [-0.05, 0) is 49.4 Å². The second kappa shape index (κ2) is 3.73. The lowest BCUT2D eigenvalue weighted by molar-refractivity contribution is -0.159. The predicted octanol–water partition coefficient (Wildman–Crippen LogP) is 3.55. The fourth-order valence-electron chi connectivity index (χ4n) is 5.32. The minimum absolute atomic E-state index is 0.0857. The van der Waals surface area contributed by atoms with Crippen LogP contribution in [0.1, 0.15) is 58.3 Å². The fourth-order valence-corrected chi connectivity index (χ4v) is 5.32. The Hall–Kier alpha value is -0.530. The van der Waals surface area contributed by atoms with Crippen LogP contribution in [0.15, 0.2) is 0 Å². The highest BCUT2D eigenvalue weighted by atomic mass is 16.5. The SMILES string of the molecule is CCC12CC3CCCC(C(=O)OC)(CC3C1)C2. The highest BCUT2D eigenvalue weighted by molar-refractivity contribution is 5.77. The van der Waals surface area contributed by atoms with Crippen molar-refractivity contribution in [3.63, 3.8) is 0 Å². The van der Waals surface area contributed by atoms with Gasteiger partial charge in [0, 0.05) is 0 Å². The second-order valence-corrected chi connectivity index (χ2v) is 6.83. The number of esters is 1. The number of fused-ring (bicyclic) bond motifs is 2. The Morgan fingerprint density at radius 3 is 2.76 bits per heavy atom. The average molecular weight is 236 g/mol. The summed E-state index contributed by atoms with van der Waals surface area (Å²) in [6.07, 6.45) is 9.90. The van der Waals surface area contributed by atoms with Gasteiger partial charge in [-0.15, -0.1) is 0 Å². The average Bonchev–Trinajstić information content (AvgIpc) is 2.52. The van der Waals surface area contributed by atoms with E-state index >= 15 is 0 Å². The van der Waals surface area contributed by atoms with Crippen molar-refractivity contribution in [1.82, 2.24) is 0 Å². The number of hydrogen-bond acceptors (Lipinski definition) is 2. The van der Waals surface area contributed by atoms with Crippen LogP contribution in [0, 0.1) is 22.7 Å². The van der Waals surface area contributed by atoms with E-state index in [1.54, 1.807) is 7.11 Å². The maximum atomic E-state index is 12.3. The summed E-state index contributed by atoms with van der Waals surface area (Å²) in [7, 11) is 1.56. The molecule has 96 valence electrons. The predicted molar refractivity (Wildman–Crippen MR) is 66.5 cm³/mol. The molecule has 17 heavy (non-hydrogen) atoms. The summed E-state index contributed by atoms with van der Waals surface area (Å²) in [5.74, 6) is 1.80. The maximum Gasteiger partial charge on any atom is 0.311 e. The van der Waals surface area contributed by atoms with Crippen molar-refractivity contribution in [3.05, 3.63) is 0 Å². The first-order valence-electron chi connectivity index (χ1n) is 7.21. The monoisotopic (exact) mass is 236 g/mol. The number of rotatable bonds is 2. The lowest BCUT2D eigenvalue weighted by Crippen LogP contribution is -2.41. The Balaban J connectivity index is 1.98. The third kappa shape index (κ3) is 1.56. The Kier molecular flexibility index (Phi) is 2.53. The van der Waals surface area contributed by atoms with Gasteiger partial charge in [0.2, 0.25) is 0 Å². The molecular weight excluding hydrogens is 212 g/mol. The quantitative estimate of drug-likeness (QED) is 0.685. The Labute approximate surface area is 104 Å². The summed E-state index contributed by atoms with van der Waals surface area (Å²) in [5, 5.41) is 0. The van der Waals surface area contributed by atoms with Gasteiger partial charge >= 0.3 is 5.97 Å². The first kappa shape index (κ1) is 11.6. The van der Waals surface area contributed by atoms with E-state index in [4.69, 9.17) is 4.74 Å². The number of ether oxygens (including phenoxy) is 1. The highest BCUT2D eigenvalue weighted by Gasteiger charge is 2.59. The third-order valence-electron chi connectivity index (χ3n) is 6.02. The molecule has 3 aliphatic rings. The molecule has 0 N–H and O–H groups in total. The zero-order valence-corrected chi connectivity index (χ0v) is 11.1. The van der Waals surface area contributed by atoms with Crippen molar-refractivity contribution in [1.29, 1.82) is 0 Å². The highest BCUT2D eigenvalue weighted by Crippen LogP contribution is 2.65. The van der Waals surface area contributed by atoms with E-state index in [9.17, 15) is 4.79 Å². The van der Waals surface area contributed by atoms with Gasteiger partial charge in [0.15, 0.2) is 0 Å². The van der Waals surface area contributed by atoms with Crippen molar-refractivity contribution in [3.8, 4) is 0 Å². The van der Waals surface area contributed by atoms with Crippen LogP contribution in [-0.4, -0.2) is 13.1 Å². The van der Waals surface area contributed by atoms with Gasteiger partial charge in [0.1, 0.15) is 0 Å². The van der Waals surface area contributed by atoms with Gasteiger partial charge < -0.3 is 4.74 Å². The standard InChI is InChI=1S/C15H24O2/c1-3-14-7-11-5-4-6-15(10-14,13(16)17-2)9-12(11)8-14/h11-12H,3-10H2,1-2H3. The molecule has 0 aromatic carbocycles. The summed E-state index contributed by atoms with van der Waals surface area (Å²) < 4.78 is 5.14. The molecule has 0 aliphatic heterocycles. The molecule has 3 saturated carbocycles. The Morgan fingerprint density at radius 1 is 1.29 bits per heavy atom. The molecule has 2 heteroatoms. The van der Waals surface area contributed by atoms with Crippen LogP contribution in [0.2, 0.25) is 0 Å². The van der Waals surface area contributed by atoms with Crippen LogP contribution in [0.5, 0.6) is 0 Å². The summed E-state index contributed by atoms with van der Waals surface area (Å²) in [6, 6.07) is 0. The molecule has 0 aromatic rings. The van der Waals surface area contributed by atoms with Gasteiger partial charge in [-0.2, -0.15) is 0 Å². The van der Waals surface area contributed by atoms with Crippen LogP contribution in [0.4, 0.5) is 0 Å². The van der Waals surface area contributed by atoms with Crippen molar-refractivity contribution < 1.29 is 9.53 Å². The molecule has 0 heterocycles. The molecule has 2 nitrogen and oxygen atoms in total. The number of hydrogen-bond donors (Lipinski definition) is 0. The van der Waals surface area contributed by atoms with Crippen LogP contribution in [0.3, 0.4) is 0 Å². The molecule has 0 spiro atoms. The maximum absolute atomic E-state index is 12.3. The van der Waals surface area contributed by atoms with Crippen LogP contribution < -0.4 is 0 Å². The van der Waals surface area contributed by atoms with Crippen LogP contribution >= 0.6 is 0 Å². The molecular formula is C15H24O2. The Morgan fingerprint density at radius 2 is 2.06 bits per heavy atom. The largest absolute Gasteiger partial charge is 0.469 e. The second-order valence-electron chi connectivity index (χ2n) is 6.83. The van der Waals surface area contributed by atoms with Gasteiger partial charge in [0.25, 0.3) is 0 Å². The van der Waals surface area contributed by atoms with Crippen molar-refractivity contribution >= 4 is 5.97 Å². The first-order chi connectivity index (χ1) is 8.13. The van der Waals surface area contributed by atoms with Crippen molar-refractivity contribution in [2.75, 3.05) is 7.11 Å². The lowest BCUT2D eigenvalue weighted by Gasteiger charge is -2.44. The topological polar surface area (TPSA) is 26.3 Å². The van der Waals surface area contributed by atoms with E-state index in [1.807, 2.05) is 0 Å². The zero-order valence-electron chi connectivity index (χ0n) is 11.1. The molecule has 0 amide bonds. The molecule has 3 bridgehead atoms. The minimum Gasteiger partial charge on any atom is -0.469 e. The molecule has 3 rings (SSSR count). The summed E-state index contributed by atoms with van der Waals surface area (Å²) in [5.41, 5.74) is 0.362. The van der Waals surface area contributed by atoms with Crippen molar-refractivity contribution in [2.45, 2.75) is 58.3 Å². The fraction of sp³-hybridized carbons (Fsp3) is 0.933. The van der Waals surface area contributed by atoms with E-state index < -0.39 is 0 Å². The third-order valence-corrected chi connectivity index (χ3v) is 6.02. The smallest absolute Gasteiger partial charge is 0.311 e. The lowest BCUT2D eigenvalue weighted by atomic mass is 9.60. The van der Waals surface area contributed by atoms with E-state index in [2.05, 4.69) is 6.92 Å². The van der Waals surface area contributed by atoms with E-state index in [1.165, 1.54) is 32.1 Å². The van der Waals surface area contributed by atoms with E-state index in [0.717, 1.165) is 31.1 Å². The molecule has 3 fully saturated rings. The number of carbonyl (C=O) groups is 1. The number of methoxy groups -OCH3 is 1. The number of carbonyl (C=O) groups excluding carboxylic acids is 1. The summed E-state index contributed by atoms with van der Waals surface area (Å²) >= 11 is 0. The molecule has 4 atom stereocenters. The zero-order chi connectivity index (χ0) is 12.1. The minimum atomic E-state index is -0.112. The molecule has 3 aliphatic carbocycles.